The first kappa shape index (κ1) is 15.0. The molecule has 4 nitrogen and oxygen atoms in total. The van der Waals surface area contributed by atoms with E-state index in [-0.39, 0.29) is 5.91 Å². The van der Waals surface area contributed by atoms with Crippen molar-refractivity contribution in [1.29, 1.82) is 0 Å². The minimum absolute atomic E-state index is 0.159. The fourth-order valence-corrected chi connectivity index (χ4v) is 2.43. The van der Waals surface area contributed by atoms with E-state index < -0.39 is 0 Å². The van der Waals surface area contributed by atoms with Gasteiger partial charge in [0.1, 0.15) is 0 Å². The van der Waals surface area contributed by atoms with Crippen molar-refractivity contribution in [1.82, 2.24) is 15.1 Å². The van der Waals surface area contributed by atoms with Gasteiger partial charge in [0.25, 0.3) is 5.91 Å². The molecule has 1 heterocycles. The molecular weight excluding hydrogens is 250 g/mol. The largest absolute Gasteiger partial charge is 0.336 e. The summed E-state index contributed by atoms with van der Waals surface area (Å²) in [4.78, 5) is 16.7. The fourth-order valence-electron chi connectivity index (χ4n) is 2.43. The van der Waals surface area contributed by atoms with Crippen molar-refractivity contribution in [3.05, 3.63) is 34.9 Å². The number of hydrogen-bond acceptors (Lipinski definition) is 3. The maximum absolute atomic E-state index is 12.5. The maximum Gasteiger partial charge on any atom is 0.253 e. The van der Waals surface area contributed by atoms with Gasteiger partial charge in [0, 0.05) is 38.3 Å². The lowest BCUT2D eigenvalue weighted by Gasteiger charge is -2.27. The first-order valence-electron chi connectivity index (χ1n) is 7.40. The van der Waals surface area contributed by atoms with Crippen LogP contribution in [0.1, 0.15) is 28.4 Å². The van der Waals surface area contributed by atoms with Gasteiger partial charge in [-0.3, -0.25) is 4.79 Å². The van der Waals surface area contributed by atoms with E-state index in [1.165, 1.54) is 11.1 Å². The topological polar surface area (TPSA) is 35.6 Å². The SMILES string of the molecule is CCN(C)Cc1cc(C(=O)N2CCNCC2)ccc1C. The Morgan fingerprint density at radius 2 is 2.05 bits per heavy atom. The van der Waals surface area contributed by atoms with Crippen molar-refractivity contribution in [2.45, 2.75) is 20.4 Å². The molecule has 1 fully saturated rings. The van der Waals surface area contributed by atoms with Crippen LogP contribution in [0.4, 0.5) is 0 Å². The lowest BCUT2D eigenvalue weighted by molar-refractivity contribution is 0.0735. The summed E-state index contributed by atoms with van der Waals surface area (Å²) >= 11 is 0. The van der Waals surface area contributed by atoms with E-state index in [4.69, 9.17) is 0 Å². The van der Waals surface area contributed by atoms with Crippen LogP contribution in [0.2, 0.25) is 0 Å². The van der Waals surface area contributed by atoms with Crippen molar-refractivity contribution >= 4 is 5.91 Å². The molecule has 0 radical (unpaired) electrons. The van der Waals surface area contributed by atoms with Gasteiger partial charge in [0.05, 0.1) is 0 Å². The monoisotopic (exact) mass is 275 g/mol. The van der Waals surface area contributed by atoms with Crippen LogP contribution in [0.5, 0.6) is 0 Å². The Morgan fingerprint density at radius 1 is 1.35 bits per heavy atom. The number of carbonyl (C=O) groups is 1. The summed E-state index contributed by atoms with van der Waals surface area (Å²) in [5.41, 5.74) is 3.31. The van der Waals surface area contributed by atoms with E-state index >= 15 is 0 Å². The molecule has 0 bridgehead atoms. The molecule has 1 N–H and O–H groups in total. The third-order valence-electron chi connectivity index (χ3n) is 3.98. The van der Waals surface area contributed by atoms with Crippen molar-refractivity contribution in [3.8, 4) is 0 Å². The van der Waals surface area contributed by atoms with E-state index in [2.05, 4.69) is 43.2 Å². The summed E-state index contributed by atoms with van der Waals surface area (Å²) in [5.74, 6) is 0.159. The van der Waals surface area contributed by atoms with Gasteiger partial charge < -0.3 is 15.1 Å². The summed E-state index contributed by atoms with van der Waals surface area (Å²) in [6.07, 6.45) is 0. The Balaban J connectivity index is 2.15. The first-order valence-corrected chi connectivity index (χ1v) is 7.40. The van der Waals surface area contributed by atoms with Crippen LogP contribution in [0, 0.1) is 6.92 Å². The summed E-state index contributed by atoms with van der Waals surface area (Å²) in [7, 11) is 2.10. The molecule has 110 valence electrons. The summed E-state index contributed by atoms with van der Waals surface area (Å²) in [5, 5.41) is 3.27. The number of nitrogens with one attached hydrogen (secondary N) is 1. The minimum atomic E-state index is 0.159. The highest BCUT2D eigenvalue weighted by Crippen LogP contribution is 2.15. The minimum Gasteiger partial charge on any atom is -0.336 e. The molecule has 0 unspecified atom stereocenters. The van der Waals surface area contributed by atoms with Gasteiger partial charge in [-0.05, 0) is 43.8 Å². The molecule has 0 aliphatic carbocycles. The summed E-state index contributed by atoms with van der Waals surface area (Å²) in [6.45, 7) is 9.54. The van der Waals surface area contributed by atoms with Crippen molar-refractivity contribution in [2.24, 2.45) is 0 Å². The zero-order valence-corrected chi connectivity index (χ0v) is 12.8. The molecule has 4 heteroatoms. The van der Waals surface area contributed by atoms with E-state index in [0.717, 1.165) is 44.8 Å². The Bertz CT molecular complexity index is 467. The number of rotatable bonds is 4. The number of hydrogen-bond donors (Lipinski definition) is 1. The molecule has 1 aliphatic rings. The third-order valence-corrected chi connectivity index (χ3v) is 3.98. The number of piperazine rings is 1. The van der Waals surface area contributed by atoms with Crippen LogP contribution >= 0.6 is 0 Å². The number of benzene rings is 1. The van der Waals surface area contributed by atoms with Gasteiger partial charge in [-0.2, -0.15) is 0 Å². The molecule has 20 heavy (non-hydrogen) atoms. The summed E-state index contributed by atoms with van der Waals surface area (Å²) in [6, 6.07) is 6.08. The van der Waals surface area contributed by atoms with Gasteiger partial charge in [0.2, 0.25) is 0 Å². The van der Waals surface area contributed by atoms with Gasteiger partial charge >= 0.3 is 0 Å². The number of carbonyl (C=O) groups excluding carboxylic acids is 1. The van der Waals surface area contributed by atoms with Gasteiger partial charge in [-0.25, -0.2) is 0 Å². The molecule has 1 aromatic carbocycles. The highest BCUT2D eigenvalue weighted by atomic mass is 16.2. The van der Waals surface area contributed by atoms with E-state index in [1.807, 2.05) is 11.0 Å². The molecule has 0 atom stereocenters. The predicted molar refractivity (Wildman–Crippen MR) is 82.0 cm³/mol. The van der Waals surface area contributed by atoms with Crippen LogP contribution in [0.25, 0.3) is 0 Å². The van der Waals surface area contributed by atoms with Crippen LogP contribution in [0.3, 0.4) is 0 Å². The Hall–Kier alpha value is -1.39. The van der Waals surface area contributed by atoms with E-state index in [0.29, 0.717) is 0 Å². The average Bonchev–Trinajstić information content (AvgIpc) is 2.49. The Kier molecular flexibility index (Phi) is 5.15. The predicted octanol–water partition coefficient (Wildman–Crippen LogP) is 1.49. The molecule has 1 saturated heterocycles. The first-order chi connectivity index (χ1) is 9.61. The lowest BCUT2D eigenvalue weighted by atomic mass is 10.0. The highest BCUT2D eigenvalue weighted by molar-refractivity contribution is 5.94. The standard InChI is InChI=1S/C16H25N3O/c1-4-18(3)12-15-11-14(6-5-13(15)2)16(20)19-9-7-17-8-10-19/h5-6,11,17H,4,7-10,12H2,1-3H3. The molecule has 2 rings (SSSR count). The smallest absolute Gasteiger partial charge is 0.253 e. The van der Waals surface area contributed by atoms with Gasteiger partial charge in [-0.15, -0.1) is 0 Å². The molecule has 0 saturated carbocycles. The van der Waals surface area contributed by atoms with Crippen LogP contribution in [-0.4, -0.2) is 55.5 Å². The van der Waals surface area contributed by atoms with Gasteiger partial charge in [0.15, 0.2) is 0 Å². The number of amides is 1. The molecule has 1 amide bonds. The van der Waals surface area contributed by atoms with Crippen molar-refractivity contribution in [2.75, 3.05) is 39.8 Å². The Labute approximate surface area is 121 Å². The fraction of sp³-hybridized carbons (Fsp3) is 0.562. The summed E-state index contributed by atoms with van der Waals surface area (Å²) < 4.78 is 0. The van der Waals surface area contributed by atoms with Crippen LogP contribution in [0.15, 0.2) is 18.2 Å². The average molecular weight is 275 g/mol. The van der Waals surface area contributed by atoms with Gasteiger partial charge in [-0.1, -0.05) is 13.0 Å². The molecule has 0 aromatic heterocycles. The molecule has 0 spiro atoms. The van der Waals surface area contributed by atoms with Crippen molar-refractivity contribution in [3.63, 3.8) is 0 Å². The third kappa shape index (κ3) is 3.58. The number of aryl methyl sites for hydroxylation is 1. The normalized spacial score (nSPS) is 15.7. The quantitative estimate of drug-likeness (QED) is 0.904. The Morgan fingerprint density at radius 3 is 2.70 bits per heavy atom. The van der Waals surface area contributed by atoms with Crippen LogP contribution in [-0.2, 0) is 6.54 Å². The van der Waals surface area contributed by atoms with E-state index in [1.54, 1.807) is 0 Å². The van der Waals surface area contributed by atoms with Crippen LogP contribution < -0.4 is 5.32 Å². The maximum atomic E-state index is 12.5. The lowest BCUT2D eigenvalue weighted by Crippen LogP contribution is -2.46. The van der Waals surface area contributed by atoms with E-state index in [9.17, 15) is 4.79 Å². The second-order valence-electron chi connectivity index (χ2n) is 5.51. The zero-order chi connectivity index (χ0) is 14.5. The molecule has 1 aromatic rings. The second kappa shape index (κ2) is 6.86. The molecular formula is C16H25N3O. The van der Waals surface area contributed by atoms with Crippen molar-refractivity contribution < 1.29 is 4.79 Å². The zero-order valence-electron chi connectivity index (χ0n) is 12.8. The highest BCUT2D eigenvalue weighted by Gasteiger charge is 2.18. The number of nitrogens with zero attached hydrogens (tertiary/aromatic N) is 2. The second-order valence-corrected chi connectivity index (χ2v) is 5.51. The molecule has 1 aliphatic heterocycles.